The highest BCUT2D eigenvalue weighted by Crippen LogP contribution is 2.69. The molecular weight excluding hydrogens is 216 g/mol. The summed E-state index contributed by atoms with van der Waals surface area (Å²) in [5, 5.41) is 9.49. The molecule has 0 radical (unpaired) electrons. The van der Waals surface area contributed by atoms with Gasteiger partial charge in [-0.15, -0.1) is 0 Å². The highest BCUT2D eigenvalue weighted by Gasteiger charge is 2.67. The highest BCUT2D eigenvalue weighted by molar-refractivity contribution is 5.82. The molecule has 3 aliphatic carbocycles. The van der Waals surface area contributed by atoms with E-state index in [0.29, 0.717) is 24.3 Å². The second-order valence-corrected chi connectivity index (χ2v) is 5.66. The Bertz CT molecular complexity index is 427. The number of fused-ring (bicyclic) bond motifs is 5. The van der Waals surface area contributed by atoms with Crippen molar-refractivity contribution in [2.24, 2.45) is 29.6 Å². The third kappa shape index (κ3) is 1.34. The molecule has 0 saturated heterocycles. The Morgan fingerprint density at radius 1 is 1.41 bits per heavy atom. The van der Waals surface area contributed by atoms with E-state index in [1.165, 1.54) is 25.6 Å². The summed E-state index contributed by atoms with van der Waals surface area (Å²) in [4.78, 5) is 16.1. The number of aromatic amines is 1. The van der Waals surface area contributed by atoms with Gasteiger partial charge in [0, 0.05) is 5.92 Å². The lowest BCUT2D eigenvalue weighted by Crippen LogP contribution is -2.27. The Hall–Kier alpha value is -1.39. The lowest BCUT2D eigenvalue weighted by Gasteiger charge is -2.08. The van der Waals surface area contributed by atoms with Crippen LogP contribution in [0.2, 0.25) is 0 Å². The van der Waals surface area contributed by atoms with Crippen LogP contribution >= 0.6 is 0 Å². The maximum atomic E-state index is 12.1. The van der Waals surface area contributed by atoms with Gasteiger partial charge in [0.25, 0.3) is 0 Å². The average molecular weight is 232 g/mol. The van der Waals surface area contributed by atoms with Gasteiger partial charge < -0.3 is 5.32 Å². The first kappa shape index (κ1) is 9.62. The van der Waals surface area contributed by atoms with E-state index in [1.807, 2.05) is 0 Å². The van der Waals surface area contributed by atoms with Crippen LogP contribution in [0.1, 0.15) is 25.1 Å². The van der Waals surface area contributed by atoms with E-state index in [4.69, 9.17) is 0 Å². The zero-order valence-electron chi connectivity index (χ0n) is 9.60. The molecule has 0 aliphatic heterocycles. The fourth-order valence-corrected chi connectivity index (χ4v) is 4.28. The van der Waals surface area contributed by atoms with E-state index >= 15 is 0 Å². The minimum Gasteiger partial charge on any atom is -0.349 e. The number of hydrogen-bond donors (Lipinski definition) is 2. The van der Waals surface area contributed by atoms with E-state index in [0.717, 1.165) is 17.7 Å². The number of nitrogens with one attached hydrogen (secondary N) is 2. The maximum absolute atomic E-state index is 12.1. The van der Waals surface area contributed by atoms with Gasteiger partial charge >= 0.3 is 0 Å². The van der Waals surface area contributed by atoms with Gasteiger partial charge in [0.2, 0.25) is 5.91 Å². The second kappa shape index (κ2) is 3.31. The molecule has 17 heavy (non-hydrogen) atoms. The van der Waals surface area contributed by atoms with Gasteiger partial charge in [-0.25, -0.2) is 4.98 Å². The topological polar surface area (TPSA) is 70.7 Å². The molecule has 4 unspecified atom stereocenters. The SMILES string of the molecule is O=C(NCc1ncn[nH]1)C1C2C3CCC(C3)C12. The molecule has 2 N–H and O–H groups in total. The molecule has 1 aromatic heterocycles. The first-order chi connectivity index (χ1) is 8.34. The summed E-state index contributed by atoms with van der Waals surface area (Å²) in [6, 6.07) is 0. The zero-order valence-corrected chi connectivity index (χ0v) is 9.60. The summed E-state index contributed by atoms with van der Waals surface area (Å²) in [5.41, 5.74) is 0. The summed E-state index contributed by atoms with van der Waals surface area (Å²) >= 11 is 0. The number of carbonyl (C=O) groups is 1. The maximum Gasteiger partial charge on any atom is 0.224 e. The number of amides is 1. The standard InChI is InChI=1S/C12H16N4O/c17-12(13-4-8-14-5-15-16-8)11-9-6-1-2-7(3-6)10(9)11/h5-7,9-11H,1-4H2,(H,13,17)(H,14,15,16). The molecule has 2 bridgehead atoms. The summed E-state index contributed by atoms with van der Waals surface area (Å²) in [6.45, 7) is 0.476. The van der Waals surface area contributed by atoms with Gasteiger partial charge in [-0.2, -0.15) is 5.10 Å². The van der Waals surface area contributed by atoms with Crippen molar-refractivity contribution in [2.75, 3.05) is 0 Å². The summed E-state index contributed by atoms with van der Waals surface area (Å²) in [7, 11) is 0. The number of aromatic nitrogens is 3. The van der Waals surface area contributed by atoms with Gasteiger partial charge in [-0.3, -0.25) is 9.89 Å². The van der Waals surface area contributed by atoms with Crippen LogP contribution in [0.25, 0.3) is 0 Å². The summed E-state index contributed by atoms with van der Waals surface area (Å²) in [6.07, 6.45) is 5.57. The molecule has 5 nitrogen and oxygen atoms in total. The number of H-pyrrole nitrogens is 1. The smallest absolute Gasteiger partial charge is 0.224 e. The number of nitrogens with zero attached hydrogens (tertiary/aromatic N) is 2. The normalized spacial score (nSPS) is 41.3. The van der Waals surface area contributed by atoms with E-state index in [2.05, 4.69) is 20.5 Å². The highest BCUT2D eigenvalue weighted by atomic mass is 16.2. The molecule has 4 rings (SSSR count). The molecule has 5 heteroatoms. The van der Waals surface area contributed by atoms with Gasteiger partial charge in [0.15, 0.2) is 0 Å². The minimum absolute atomic E-state index is 0.230. The molecule has 4 atom stereocenters. The summed E-state index contributed by atoms with van der Waals surface area (Å²) < 4.78 is 0. The van der Waals surface area contributed by atoms with Crippen molar-refractivity contribution in [3.8, 4) is 0 Å². The van der Waals surface area contributed by atoms with Crippen molar-refractivity contribution in [2.45, 2.75) is 25.8 Å². The number of carbonyl (C=O) groups excluding carboxylic acids is 1. The fourth-order valence-electron chi connectivity index (χ4n) is 4.28. The first-order valence-corrected chi connectivity index (χ1v) is 6.46. The predicted octanol–water partition coefficient (Wildman–Crippen LogP) is 0.713. The second-order valence-electron chi connectivity index (χ2n) is 5.66. The summed E-state index contributed by atoms with van der Waals surface area (Å²) in [5.74, 6) is 4.40. The molecule has 0 spiro atoms. The zero-order chi connectivity index (χ0) is 11.4. The fraction of sp³-hybridized carbons (Fsp3) is 0.750. The van der Waals surface area contributed by atoms with Crippen LogP contribution in [-0.4, -0.2) is 21.1 Å². The van der Waals surface area contributed by atoms with Crippen molar-refractivity contribution in [1.29, 1.82) is 0 Å². The number of hydrogen-bond acceptors (Lipinski definition) is 3. The van der Waals surface area contributed by atoms with E-state index in [9.17, 15) is 4.79 Å². The van der Waals surface area contributed by atoms with Crippen molar-refractivity contribution < 1.29 is 4.79 Å². The van der Waals surface area contributed by atoms with Gasteiger partial charge in [0.05, 0.1) is 6.54 Å². The Morgan fingerprint density at radius 3 is 2.82 bits per heavy atom. The minimum atomic E-state index is 0.230. The molecular formula is C12H16N4O. The van der Waals surface area contributed by atoms with Crippen molar-refractivity contribution in [3.05, 3.63) is 12.2 Å². The van der Waals surface area contributed by atoms with Crippen LogP contribution < -0.4 is 5.32 Å². The van der Waals surface area contributed by atoms with Crippen LogP contribution in [0.5, 0.6) is 0 Å². The van der Waals surface area contributed by atoms with Crippen LogP contribution in [0.3, 0.4) is 0 Å². The Kier molecular flexibility index (Phi) is 1.87. The lowest BCUT2D eigenvalue weighted by molar-refractivity contribution is -0.123. The molecule has 90 valence electrons. The molecule has 1 amide bonds. The third-order valence-electron chi connectivity index (χ3n) is 4.93. The molecule has 3 aliphatic rings. The van der Waals surface area contributed by atoms with Gasteiger partial charge in [0.1, 0.15) is 12.2 Å². The monoisotopic (exact) mass is 232 g/mol. The van der Waals surface area contributed by atoms with Crippen LogP contribution in [-0.2, 0) is 11.3 Å². The largest absolute Gasteiger partial charge is 0.349 e. The van der Waals surface area contributed by atoms with E-state index in [1.54, 1.807) is 0 Å². The van der Waals surface area contributed by atoms with Crippen LogP contribution in [0, 0.1) is 29.6 Å². The molecule has 3 saturated carbocycles. The van der Waals surface area contributed by atoms with Crippen LogP contribution in [0.4, 0.5) is 0 Å². The third-order valence-corrected chi connectivity index (χ3v) is 4.93. The Morgan fingerprint density at radius 2 is 2.18 bits per heavy atom. The first-order valence-electron chi connectivity index (χ1n) is 6.46. The van der Waals surface area contributed by atoms with Crippen molar-refractivity contribution in [1.82, 2.24) is 20.5 Å². The Balaban J connectivity index is 1.37. The molecule has 1 aromatic rings. The van der Waals surface area contributed by atoms with E-state index < -0.39 is 0 Å². The lowest BCUT2D eigenvalue weighted by atomic mass is 10.0. The predicted molar refractivity (Wildman–Crippen MR) is 59.5 cm³/mol. The van der Waals surface area contributed by atoms with Crippen molar-refractivity contribution >= 4 is 5.91 Å². The quantitative estimate of drug-likeness (QED) is 0.806. The molecule has 0 aromatic carbocycles. The van der Waals surface area contributed by atoms with E-state index in [-0.39, 0.29) is 5.91 Å². The Labute approximate surface area is 99.4 Å². The van der Waals surface area contributed by atoms with Crippen molar-refractivity contribution in [3.63, 3.8) is 0 Å². The number of rotatable bonds is 3. The molecule has 3 fully saturated rings. The van der Waals surface area contributed by atoms with Gasteiger partial charge in [-0.05, 0) is 42.9 Å². The van der Waals surface area contributed by atoms with Crippen LogP contribution in [0.15, 0.2) is 6.33 Å². The average Bonchev–Trinajstić information content (AvgIpc) is 2.80. The van der Waals surface area contributed by atoms with Gasteiger partial charge in [-0.1, -0.05) is 0 Å². The molecule has 1 heterocycles.